The molecule has 0 aliphatic carbocycles. The summed E-state index contributed by atoms with van der Waals surface area (Å²) < 4.78 is 23.3. The fourth-order valence-electron chi connectivity index (χ4n) is 2.51. The molecule has 1 heterocycles. The van der Waals surface area contributed by atoms with Gasteiger partial charge in [-0.05, 0) is 44.4 Å². The summed E-state index contributed by atoms with van der Waals surface area (Å²) in [5.41, 5.74) is 0.0534. The lowest BCUT2D eigenvalue weighted by Crippen LogP contribution is -2.49. The number of sulfone groups is 1. The Morgan fingerprint density at radius 2 is 2.10 bits per heavy atom. The van der Waals surface area contributed by atoms with E-state index < -0.39 is 15.3 Å². The van der Waals surface area contributed by atoms with Gasteiger partial charge in [0.15, 0.2) is 9.84 Å². The van der Waals surface area contributed by atoms with E-state index in [1.807, 2.05) is 19.9 Å². The standard InChI is InChI=1S/C15H20ClNO3S/c1-15(2,11-5-3-6-12(16)9-11)14(18)17-13-7-4-8-21(19,20)10-13/h3,5-6,9,13H,4,7-8,10H2,1-2H3,(H,17,18)/t13-/m1/s1. The fourth-order valence-corrected chi connectivity index (χ4v) is 4.34. The molecule has 0 unspecified atom stereocenters. The highest BCUT2D eigenvalue weighted by atomic mass is 35.5. The minimum absolute atomic E-state index is 0.0321. The van der Waals surface area contributed by atoms with Crippen LogP contribution < -0.4 is 5.32 Å². The summed E-state index contributed by atoms with van der Waals surface area (Å²) in [6, 6.07) is 6.88. The third kappa shape index (κ3) is 3.98. The Morgan fingerprint density at radius 3 is 2.71 bits per heavy atom. The molecule has 1 amide bonds. The van der Waals surface area contributed by atoms with E-state index in [4.69, 9.17) is 11.6 Å². The molecule has 21 heavy (non-hydrogen) atoms. The number of amides is 1. The van der Waals surface area contributed by atoms with Crippen LogP contribution in [0.5, 0.6) is 0 Å². The molecule has 1 aliphatic heterocycles. The van der Waals surface area contributed by atoms with Crippen LogP contribution in [0.1, 0.15) is 32.3 Å². The SMILES string of the molecule is CC(C)(C(=O)N[C@@H]1CCCS(=O)(=O)C1)c1cccc(Cl)c1. The largest absolute Gasteiger partial charge is 0.352 e. The molecule has 0 radical (unpaired) electrons. The van der Waals surface area contributed by atoms with E-state index in [2.05, 4.69) is 5.32 Å². The van der Waals surface area contributed by atoms with Crippen molar-refractivity contribution in [2.24, 2.45) is 0 Å². The number of halogens is 1. The molecule has 0 saturated carbocycles. The second-order valence-corrected chi connectivity index (χ2v) is 8.73. The van der Waals surface area contributed by atoms with Gasteiger partial charge in [0.25, 0.3) is 0 Å². The normalized spacial score (nSPS) is 21.8. The zero-order valence-electron chi connectivity index (χ0n) is 12.2. The Hall–Kier alpha value is -1.07. The van der Waals surface area contributed by atoms with E-state index in [1.165, 1.54) is 0 Å². The van der Waals surface area contributed by atoms with Crippen LogP contribution >= 0.6 is 11.6 Å². The Kier molecular flexibility index (Phi) is 4.63. The Bertz CT molecular complexity index is 640. The maximum absolute atomic E-state index is 12.5. The minimum atomic E-state index is -3.03. The van der Waals surface area contributed by atoms with Gasteiger partial charge in [-0.1, -0.05) is 23.7 Å². The molecule has 1 saturated heterocycles. The highest BCUT2D eigenvalue weighted by Gasteiger charge is 2.33. The number of carbonyl (C=O) groups excluding carboxylic acids is 1. The lowest BCUT2D eigenvalue weighted by molar-refractivity contribution is -0.126. The zero-order chi connectivity index (χ0) is 15.7. The lowest BCUT2D eigenvalue weighted by Gasteiger charge is -2.29. The molecular formula is C15H20ClNO3S. The van der Waals surface area contributed by atoms with Gasteiger partial charge in [0.05, 0.1) is 16.9 Å². The van der Waals surface area contributed by atoms with Gasteiger partial charge < -0.3 is 5.32 Å². The number of benzene rings is 1. The summed E-state index contributed by atoms with van der Waals surface area (Å²) in [5, 5.41) is 3.45. The van der Waals surface area contributed by atoms with Crippen molar-refractivity contribution in [1.82, 2.24) is 5.32 Å². The Morgan fingerprint density at radius 1 is 1.38 bits per heavy atom. The van der Waals surface area contributed by atoms with E-state index in [0.29, 0.717) is 17.9 Å². The third-order valence-corrected chi connectivity index (χ3v) is 5.97. The maximum atomic E-state index is 12.5. The molecule has 0 aromatic heterocycles. The average Bonchev–Trinajstić information content (AvgIpc) is 2.37. The van der Waals surface area contributed by atoms with Gasteiger partial charge in [0.1, 0.15) is 0 Å². The molecule has 0 bridgehead atoms. The summed E-state index contributed by atoms with van der Waals surface area (Å²) >= 11 is 5.97. The molecule has 116 valence electrons. The molecular weight excluding hydrogens is 310 g/mol. The summed E-state index contributed by atoms with van der Waals surface area (Å²) in [7, 11) is -3.03. The van der Waals surface area contributed by atoms with Crippen molar-refractivity contribution >= 4 is 27.3 Å². The molecule has 1 atom stereocenters. The van der Waals surface area contributed by atoms with Gasteiger partial charge >= 0.3 is 0 Å². The third-order valence-electron chi connectivity index (χ3n) is 3.91. The van der Waals surface area contributed by atoms with Gasteiger partial charge in [-0.15, -0.1) is 0 Å². The maximum Gasteiger partial charge on any atom is 0.230 e. The van der Waals surface area contributed by atoms with E-state index in [0.717, 1.165) is 5.56 Å². The summed E-state index contributed by atoms with van der Waals surface area (Å²) in [6.45, 7) is 3.62. The molecule has 4 nitrogen and oxygen atoms in total. The lowest BCUT2D eigenvalue weighted by atomic mass is 9.83. The van der Waals surface area contributed by atoms with E-state index in [-0.39, 0.29) is 23.5 Å². The fraction of sp³-hybridized carbons (Fsp3) is 0.533. The first kappa shape index (κ1) is 16.3. The predicted molar refractivity (Wildman–Crippen MR) is 84.3 cm³/mol. The number of nitrogens with one attached hydrogen (secondary N) is 1. The van der Waals surface area contributed by atoms with Gasteiger partial charge in [-0.3, -0.25) is 4.79 Å². The first-order valence-electron chi connectivity index (χ1n) is 6.98. The highest BCUT2D eigenvalue weighted by Crippen LogP contribution is 2.26. The number of carbonyl (C=O) groups is 1. The van der Waals surface area contributed by atoms with Crippen LogP contribution in [0.4, 0.5) is 0 Å². The van der Waals surface area contributed by atoms with Gasteiger partial charge in [-0.25, -0.2) is 8.42 Å². The van der Waals surface area contributed by atoms with Crippen molar-refractivity contribution in [1.29, 1.82) is 0 Å². The first-order chi connectivity index (χ1) is 9.71. The second kappa shape index (κ2) is 5.97. The summed E-state index contributed by atoms with van der Waals surface area (Å²) in [4.78, 5) is 12.5. The average molecular weight is 330 g/mol. The highest BCUT2D eigenvalue weighted by molar-refractivity contribution is 7.91. The number of hydrogen-bond acceptors (Lipinski definition) is 3. The molecule has 2 rings (SSSR count). The quantitative estimate of drug-likeness (QED) is 0.925. The Labute approximate surface area is 130 Å². The van der Waals surface area contributed by atoms with Crippen LogP contribution in [0.3, 0.4) is 0 Å². The van der Waals surface area contributed by atoms with Crippen molar-refractivity contribution in [2.75, 3.05) is 11.5 Å². The van der Waals surface area contributed by atoms with Gasteiger partial charge in [-0.2, -0.15) is 0 Å². The number of hydrogen-bond donors (Lipinski definition) is 1. The van der Waals surface area contributed by atoms with Gasteiger partial charge in [0, 0.05) is 11.1 Å². The molecule has 1 aliphatic rings. The molecule has 1 fully saturated rings. The van der Waals surface area contributed by atoms with E-state index in [9.17, 15) is 13.2 Å². The second-order valence-electron chi connectivity index (χ2n) is 6.06. The minimum Gasteiger partial charge on any atom is -0.352 e. The van der Waals surface area contributed by atoms with Crippen LogP contribution in [-0.2, 0) is 20.0 Å². The van der Waals surface area contributed by atoms with Crippen molar-refractivity contribution in [2.45, 2.75) is 38.1 Å². The molecule has 6 heteroatoms. The van der Waals surface area contributed by atoms with Crippen molar-refractivity contribution in [3.63, 3.8) is 0 Å². The smallest absolute Gasteiger partial charge is 0.230 e. The topological polar surface area (TPSA) is 63.2 Å². The van der Waals surface area contributed by atoms with Crippen LogP contribution in [-0.4, -0.2) is 31.9 Å². The van der Waals surface area contributed by atoms with Crippen molar-refractivity contribution in [3.05, 3.63) is 34.9 Å². The van der Waals surface area contributed by atoms with Crippen LogP contribution in [0.25, 0.3) is 0 Å². The molecule has 1 aromatic rings. The summed E-state index contributed by atoms with van der Waals surface area (Å²) in [6.07, 6.45) is 1.31. The molecule has 1 N–H and O–H groups in total. The van der Waals surface area contributed by atoms with Gasteiger partial charge in [0.2, 0.25) is 5.91 Å². The number of rotatable bonds is 3. The monoisotopic (exact) mass is 329 g/mol. The zero-order valence-corrected chi connectivity index (χ0v) is 13.8. The van der Waals surface area contributed by atoms with Crippen LogP contribution in [0.2, 0.25) is 5.02 Å². The van der Waals surface area contributed by atoms with E-state index in [1.54, 1.807) is 18.2 Å². The Balaban J connectivity index is 2.12. The molecule has 1 aromatic carbocycles. The first-order valence-corrected chi connectivity index (χ1v) is 9.18. The van der Waals surface area contributed by atoms with Crippen molar-refractivity contribution in [3.8, 4) is 0 Å². The van der Waals surface area contributed by atoms with Crippen molar-refractivity contribution < 1.29 is 13.2 Å². The van der Waals surface area contributed by atoms with Crippen LogP contribution in [0, 0.1) is 0 Å². The van der Waals surface area contributed by atoms with Crippen LogP contribution in [0.15, 0.2) is 24.3 Å². The molecule has 0 spiro atoms. The predicted octanol–water partition coefficient (Wildman–Crippen LogP) is 2.31. The van der Waals surface area contributed by atoms with E-state index >= 15 is 0 Å². The summed E-state index contributed by atoms with van der Waals surface area (Å²) in [5.74, 6) is 0.0772.